The van der Waals surface area contributed by atoms with Crippen LogP contribution in [0, 0.1) is 0 Å². The highest BCUT2D eigenvalue weighted by Crippen LogP contribution is 2.38. The van der Waals surface area contributed by atoms with Crippen molar-refractivity contribution in [1.82, 2.24) is 0 Å². The van der Waals surface area contributed by atoms with Crippen LogP contribution in [0.1, 0.15) is 13.8 Å². The van der Waals surface area contributed by atoms with E-state index in [2.05, 4.69) is 0 Å². The summed E-state index contributed by atoms with van der Waals surface area (Å²) >= 11 is 0. The molecular weight excluding hydrogens is 188 g/mol. The third-order valence-electron chi connectivity index (χ3n) is 2.54. The second-order valence-corrected chi connectivity index (χ2v) is 4.03. The second kappa shape index (κ2) is 3.43. The van der Waals surface area contributed by atoms with Gasteiger partial charge in [0.1, 0.15) is 18.3 Å². The predicted molar refractivity (Wildman–Crippen MR) is 46.6 cm³/mol. The second-order valence-electron chi connectivity index (χ2n) is 4.03. The van der Waals surface area contributed by atoms with Gasteiger partial charge in [-0.2, -0.15) is 0 Å². The van der Waals surface area contributed by atoms with E-state index in [1.807, 2.05) is 13.8 Å². The Morgan fingerprint density at radius 2 is 2.07 bits per heavy atom. The van der Waals surface area contributed by atoms with E-state index >= 15 is 0 Å². The zero-order chi connectivity index (χ0) is 10.3. The largest absolute Gasteiger partial charge is 0.394 e. The average Bonchev–Trinajstić information content (AvgIpc) is 2.55. The number of aliphatic hydroxyl groups excluding tert-OH is 1. The van der Waals surface area contributed by atoms with E-state index in [0.29, 0.717) is 0 Å². The van der Waals surface area contributed by atoms with E-state index in [1.165, 1.54) is 0 Å². The fourth-order valence-electron chi connectivity index (χ4n) is 1.98. The monoisotopic (exact) mass is 204 g/mol. The Balaban J connectivity index is 2.09. The van der Waals surface area contributed by atoms with Crippen LogP contribution < -0.4 is 0 Å². The maximum atomic E-state index is 9.04. The van der Waals surface area contributed by atoms with Crippen LogP contribution in [0.4, 0.5) is 0 Å². The van der Waals surface area contributed by atoms with Gasteiger partial charge in [-0.25, -0.2) is 0 Å². The van der Waals surface area contributed by atoms with E-state index in [1.54, 1.807) is 7.11 Å². The van der Waals surface area contributed by atoms with Crippen LogP contribution in [0.3, 0.4) is 0 Å². The van der Waals surface area contributed by atoms with Gasteiger partial charge in [-0.3, -0.25) is 0 Å². The molecule has 0 aliphatic carbocycles. The molecule has 5 nitrogen and oxygen atoms in total. The van der Waals surface area contributed by atoms with Gasteiger partial charge in [0.05, 0.1) is 6.61 Å². The minimum atomic E-state index is -0.632. The molecule has 5 heteroatoms. The maximum absolute atomic E-state index is 9.04. The minimum absolute atomic E-state index is 0.0847. The first-order chi connectivity index (χ1) is 6.57. The lowest BCUT2D eigenvalue weighted by molar-refractivity contribution is -0.220. The number of ether oxygens (including phenoxy) is 4. The fourth-order valence-corrected chi connectivity index (χ4v) is 1.98. The summed E-state index contributed by atoms with van der Waals surface area (Å²) in [5.41, 5.74) is 0. The van der Waals surface area contributed by atoms with Gasteiger partial charge in [0, 0.05) is 7.11 Å². The molecule has 0 aromatic rings. The fraction of sp³-hybridized carbons (Fsp3) is 1.00. The van der Waals surface area contributed by atoms with E-state index in [4.69, 9.17) is 24.1 Å². The van der Waals surface area contributed by atoms with Crippen molar-refractivity contribution in [2.45, 2.75) is 44.2 Å². The first-order valence-electron chi connectivity index (χ1n) is 4.72. The number of methoxy groups -OCH3 is 1. The molecular formula is C9H16O5. The van der Waals surface area contributed by atoms with Crippen molar-refractivity contribution in [3.63, 3.8) is 0 Å². The molecule has 2 aliphatic heterocycles. The minimum Gasteiger partial charge on any atom is -0.394 e. The average molecular weight is 204 g/mol. The SMILES string of the molecule is CO[C@@H]1[C@H]2OC(C)(C)O[C@H]2O[C@@H]1CO. The molecule has 0 amide bonds. The van der Waals surface area contributed by atoms with Crippen LogP contribution in [0.15, 0.2) is 0 Å². The van der Waals surface area contributed by atoms with E-state index in [0.717, 1.165) is 0 Å². The Kier molecular flexibility index (Phi) is 2.53. The van der Waals surface area contributed by atoms with Crippen LogP contribution in [0.5, 0.6) is 0 Å². The summed E-state index contributed by atoms with van der Waals surface area (Å²) in [7, 11) is 1.58. The van der Waals surface area contributed by atoms with E-state index < -0.39 is 12.1 Å². The summed E-state index contributed by atoms with van der Waals surface area (Å²) in [5, 5.41) is 9.04. The molecule has 14 heavy (non-hydrogen) atoms. The lowest BCUT2D eigenvalue weighted by Gasteiger charge is -2.23. The number of rotatable bonds is 2. The molecule has 0 saturated carbocycles. The first-order valence-corrected chi connectivity index (χ1v) is 4.72. The van der Waals surface area contributed by atoms with Gasteiger partial charge in [0.2, 0.25) is 0 Å². The topological polar surface area (TPSA) is 57.2 Å². The Morgan fingerprint density at radius 3 is 2.64 bits per heavy atom. The lowest BCUT2D eigenvalue weighted by Crippen LogP contribution is -2.37. The van der Waals surface area contributed by atoms with Gasteiger partial charge >= 0.3 is 0 Å². The highest BCUT2D eigenvalue weighted by Gasteiger charge is 2.54. The lowest BCUT2D eigenvalue weighted by atomic mass is 10.1. The molecule has 2 aliphatic rings. The number of fused-ring (bicyclic) bond motifs is 1. The molecule has 0 aromatic heterocycles. The molecule has 2 rings (SSSR count). The van der Waals surface area contributed by atoms with Crippen molar-refractivity contribution in [1.29, 1.82) is 0 Å². The summed E-state index contributed by atoms with van der Waals surface area (Å²) in [6.45, 7) is 3.57. The molecule has 82 valence electrons. The highest BCUT2D eigenvalue weighted by molar-refractivity contribution is 4.93. The van der Waals surface area contributed by atoms with Crippen molar-refractivity contribution in [2.75, 3.05) is 13.7 Å². The summed E-state index contributed by atoms with van der Waals surface area (Å²) in [6, 6.07) is 0. The van der Waals surface area contributed by atoms with Crippen LogP contribution in [-0.4, -0.2) is 49.2 Å². The maximum Gasteiger partial charge on any atom is 0.190 e. The Bertz CT molecular complexity index is 217. The van der Waals surface area contributed by atoms with Gasteiger partial charge in [0.25, 0.3) is 0 Å². The molecule has 0 bridgehead atoms. The zero-order valence-corrected chi connectivity index (χ0v) is 8.60. The number of hydrogen-bond acceptors (Lipinski definition) is 5. The Hall–Kier alpha value is -0.200. The van der Waals surface area contributed by atoms with Crippen molar-refractivity contribution in [3.8, 4) is 0 Å². The van der Waals surface area contributed by atoms with Crippen molar-refractivity contribution in [3.05, 3.63) is 0 Å². The standard InChI is InChI=1S/C9H16O5/c1-9(2)13-7-6(11-3)5(4-10)12-8(7)14-9/h5-8,10H,4H2,1-3H3/t5-,6+,7-,8-/m1/s1. The Morgan fingerprint density at radius 1 is 1.36 bits per heavy atom. The molecule has 2 heterocycles. The summed E-state index contributed by atoms with van der Waals surface area (Å²) in [6.07, 6.45) is -1.28. The summed E-state index contributed by atoms with van der Waals surface area (Å²) in [4.78, 5) is 0. The molecule has 2 saturated heterocycles. The van der Waals surface area contributed by atoms with E-state index in [9.17, 15) is 0 Å². The highest BCUT2D eigenvalue weighted by atomic mass is 16.8. The van der Waals surface area contributed by atoms with Gasteiger partial charge in [-0.15, -0.1) is 0 Å². The molecule has 2 fully saturated rings. The zero-order valence-electron chi connectivity index (χ0n) is 8.60. The van der Waals surface area contributed by atoms with E-state index in [-0.39, 0.29) is 24.9 Å². The van der Waals surface area contributed by atoms with Gasteiger partial charge < -0.3 is 24.1 Å². The molecule has 0 radical (unpaired) electrons. The van der Waals surface area contributed by atoms with Crippen LogP contribution in [0.25, 0.3) is 0 Å². The first kappa shape index (κ1) is 10.3. The van der Waals surface area contributed by atoms with Crippen molar-refractivity contribution < 1.29 is 24.1 Å². The van der Waals surface area contributed by atoms with Gasteiger partial charge in [-0.05, 0) is 13.8 Å². The molecule has 0 spiro atoms. The van der Waals surface area contributed by atoms with Crippen molar-refractivity contribution >= 4 is 0 Å². The van der Waals surface area contributed by atoms with Crippen LogP contribution in [-0.2, 0) is 18.9 Å². The predicted octanol–water partition coefficient (Wildman–Crippen LogP) is -0.130. The summed E-state index contributed by atoms with van der Waals surface area (Å²) < 4.78 is 21.8. The quantitative estimate of drug-likeness (QED) is 0.679. The van der Waals surface area contributed by atoms with Gasteiger partial charge in [0.15, 0.2) is 12.1 Å². The third kappa shape index (κ3) is 1.55. The van der Waals surface area contributed by atoms with Crippen LogP contribution >= 0.6 is 0 Å². The normalized spacial score (nSPS) is 45.4. The summed E-state index contributed by atoms with van der Waals surface area (Å²) in [5.74, 6) is -0.632. The van der Waals surface area contributed by atoms with Crippen molar-refractivity contribution in [2.24, 2.45) is 0 Å². The smallest absolute Gasteiger partial charge is 0.190 e. The van der Waals surface area contributed by atoms with Crippen LogP contribution in [0.2, 0.25) is 0 Å². The number of aliphatic hydroxyl groups is 1. The third-order valence-corrected chi connectivity index (χ3v) is 2.54. The molecule has 0 unspecified atom stereocenters. The number of hydrogen-bond donors (Lipinski definition) is 1. The Labute approximate surface area is 82.9 Å². The molecule has 1 N–H and O–H groups in total. The van der Waals surface area contributed by atoms with Gasteiger partial charge in [-0.1, -0.05) is 0 Å². The molecule has 0 aromatic carbocycles. The molecule has 4 atom stereocenters.